The SMILES string of the molecule is CCC(CC)(OC(=O)COc1ccc([I-]c2ccccc2)cc1)C(C)C. The predicted octanol–water partition coefficient (Wildman–Crippen LogP) is 1.95. The number of benzene rings is 2. The molecule has 0 aliphatic rings. The zero-order valence-electron chi connectivity index (χ0n) is 16.0. The Hall–Kier alpha value is -1.56. The van der Waals surface area contributed by atoms with Crippen LogP contribution < -0.4 is 25.9 Å². The molecule has 3 nitrogen and oxygen atoms in total. The van der Waals surface area contributed by atoms with Crippen molar-refractivity contribution in [2.75, 3.05) is 6.61 Å². The molecule has 0 N–H and O–H groups in total. The molecule has 2 aromatic rings. The Kier molecular flexibility index (Phi) is 7.94. The molecular weight excluding hydrogens is 439 g/mol. The normalized spacial score (nSPS) is 11.6. The topological polar surface area (TPSA) is 35.5 Å². The van der Waals surface area contributed by atoms with Crippen LogP contribution in [0.5, 0.6) is 5.75 Å². The van der Waals surface area contributed by atoms with E-state index in [1.54, 1.807) is 0 Å². The number of ether oxygens (including phenoxy) is 2. The molecule has 0 radical (unpaired) electrons. The molecular formula is C22H28IO3-. The fourth-order valence-electron chi connectivity index (χ4n) is 2.92. The molecule has 0 saturated heterocycles. The Balaban J connectivity index is 1.88. The quantitative estimate of drug-likeness (QED) is 0.418. The molecule has 0 fully saturated rings. The molecule has 0 aliphatic carbocycles. The van der Waals surface area contributed by atoms with Gasteiger partial charge in [0.15, 0.2) is 0 Å². The molecule has 0 amide bonds. The zero-order chi connectivity index (χ0) is 19.0. The summed E-state index contributed by atoms with van der Waals surface area (Å²) in [5.41, 5.74) is -0.398. The Morgan fingerprint density at radius 2 is 1.54 bits per heavy atom. The number of carbonyl (C=O) groups is 1. The van der Waals surface area contributed by atoms with E-state index in [4.69, 9.17) is 9.47 Å². The van der Waals surface area contributed by atoms with E-state index in [0.29, 0.717) is 5.75 Å². The standard InChI is InChI=1S/C22H28IO3/c1-5-22(6-2,17(3)4)26-21(24)16-25-20-14-12-19(13-15-20)23-18-10-8-7-9-11-18/h7-15,17H,5-6,16H2,1-4H3/q-1. The zero-order valence-corrected chi connectivity index (χ0v) is 18.2. The Labute approximate surface area is 167 Å². The van der Waals surface area contributed by atoms with E-state index < -0.39 is 5.60 Å². The molecule has 0 saturated carbocycles. The number of halogens is 1. The summed E-state index contributed by atoms with van der Waals surface area (Å²) in [5.74, 6) is 0.678. The van der Waals surface area contributed by atoms with Gasteiger partial charge < -0.3 is 0 Å². The summed E-state index contributed by atoms with van der Waals surface area (Å²) >= 11 is -0.185. The molecule has 2 rings (SSSR count). The van der Waals surface area contributed by atoms with Gasteiger partial charge in [-0.15, -0.1) is 0 Å². The number of esters is 1. The third-order valence-electron chi connectivity index (χ3n) is 4.69. The Morgan fingerprint density at radius 1 is 0.962 bits per heavy atom. The maximum atomic E-state index is 12.2. The van der Waals surface area contributed by atoms with Crippen molar-refractivity contribution in [2.24, 2.45) is 5.92 Å². The monoisotopic (exact) mass is 467 g/mol. The van der Waals surface area contributed by atoms with Crippen LogP contribution in [0.1, 0.15) is 40.5 Å². The van der Waals surface area contributed by atoms with Crippen molar-refractivity contribution in [1.82, 2.24) is 0 Å². The third-order valence-corrected chi connectivity index (χ3v) is 7.37. The van der Waals surface area contributed by atoms with Gasteiger partial charge in [0.05, 0.1) is 0 Å². The first-order valence-electron chi connectivity index (χ1n) is 9.13. The van der Waals surface area contributed by atoms with E-state index in [0.717, 1.165) is 12.8 Å². The maximum absolute atomic E-state index is 12.2. The molecule has 2 aromatic carbocycles. The average molecular weight is 467 g/mol. The molecule has 0 spiro atoms. The van der Waals surface area contributed by atoms with Gasteiger partial charge in [-0.25, -0.2) is 0 Å². The van der Waals surface area contributed by atoms with Crippen molar-refractivity contribution in [1.29, 1.82) is 0 Å². The first-order chi connectivity index (χ1) is 12.5. The molecule has 0 heterocycles. The van der Waals surface area contributed by atoms with Gasteiger partial charge >= 0.3 is 168 Å². The fraction of sp³-hybridized carbons (Fsp3) is 0.409. The summed E-state index contributed by atoms with van der Waals surface area (Å²) in [4.78, 5) is 12.2. The van der Waals surface area contributed by atoms with Crippen molar-refractivity contribution >= 4 is 5.97 Å². The molecule has 0 bridgehead atoms. The van der Waals surface area contributed by atoms with Crippen molar-refractivity contribution in [3.63, 3.8) is 0 Å². The number of carbonyl (C=O) groups excluding carboxylic acids is 1. The average Bonchev–Trinajstić information content (AvgIpc) is 2.66. The molecule has 0 unspecified atom stereocenters. The third kappa shape index (κ3) is 5.73. The van der Waals surface area contributed by atoms with E-state index in [1.165, 1.54) is 7.14 Å². The van der Waals surface area contributed by atoms with Crippen LogP contribution in [-0.4, -0.2) is 18.2 Å². The van der Waals surface area contributed by atoms with Crippen LogP contribution in [0.4, 0.5) is 0 Å². The number of hydrogen-bond donors (Lipinski definition) is 0. The van der Waals surface area contributed by atoms with E-state index in [-0.39, 0.29) is 39.7 Å². The molecule has 26 heavy (non-hydrogen) atoms. The summed E-state index contributed by atoms with van der Waals surface area (Å²) < 4.78 is 14.1. The van der Waals surface area contributed by atoms with Crippen LogP contribution in [-0.2, 0) is 9.53 Å². The predicted molar refractivity (Wildman–Crippen MR) is 100 cm³/mol. The van der Waals surface area contributed by atoms with E-state index in [2.05, 4.69) is 64.1 Å². The molecule has 0 aromatic heterocycles. The minimum absolute atomic E-state index is 0.0540. The molecule has 0 aliphatic heterocycles. The van der Waals surface area contributed by atoms with Gasteiger partial charge in [-0.2, -0.15) is 0 Å². The summed E-state index contributed by atoms with van der Waals surface area (Å²) in [5, 5.41) is 0. The van der Waals surface area contributed by atoms with Crippen molar-refractivity contribution in [3.8, 4) is 5.75 Å². The first-order valence-corrected chi connectivity index (χ1v) is 11.3. The molecule has 0 atom stereocenters. The van der Waals surface area contributed by atoms with Gasteiger partial charge in [0.1, 0.15) is 0 Å². The van der Waals surface area contributed by atoms with Crippen molar-refractivity contribution in [3.05, 3.63) is 61.7 Å². The van der Waals surface area contributed by atoms with E-state index in [1.807, 2.05) is 18.2 Å². The summed E-state index contributed by atoms with van der Waals surface area (Å²) in [6.07, 6.45) is 1.62. The second-order valence-corrected chi connectivity index (χ2v) is 9.56. The summed E-state index contributed by atoms with van der Waals surface area (Å²) in [6, 6.07) is 18.5. The van der Waals surface area contributed by atoms with Gasteiger partial charge in [-0.05, 0) is 0 Å². The van der Waals surface area contributed by atoms with Gasteiger partial charge in [0, 0.05) is 0 Å². The van der Waals surface area contributed by atoms with Crippen LogP contribution in [0.2, 0.25) is 0 Å². The first kappa shape index (κ1) is 20.7. The fourth-order valence-corrected chi connectivity index (χ4v) is 5.14. The Bertz CT molecular complexity index is 676. The molecule has 4 heteroatoms. The molecule has 142 valence electrons. The van der Waals surface area contributed by atoms with E-state index in [9.17, 15) is 4.79 Å². The number of hydrogen-bond acceptors (Lipinski definition) is 3. The van der Waals surface area contributed by atoms with Crippen LogP contribution in [0.3, 0.4) is 0 Å². The van der Waals surface area contributed by atoms with Crippen molar-refractivity contribution in [2.45, 2.75) is 46.1 Å². The van der Waals surface area contributed by atoms with Gasteiger partial charge in [0.25, 0.3) is 0 Å². The van der Waals surface area contributed by atoms with Crippen LogP contribution >= 0.6 is 0 Å². The minimum atomic E-state index is -0.398. The number of rotatable bonds is 9. The van der Waals surface area contributed by atoms with E-state index >= 15 is 0 Å². The summed E-state index contributed by atoms with van der Waals surface area (Å²) in [6.45, 7) is 8.26. The second kappa shape index (κ2) is 9.95. The van der Waals surface area contributed by atoms with Gasteiger partial charge in [0.2, 0.25) is 0 Å². The Morgan fingerprint density at radius 3 is 2.08 bits per heavy atom. The van der Waals surface area contributed by atoms with Gasteiger partial charge in [-0.3, -0.25) is 0 Å². The van der Waals surface area contributed by atoms with Crippen LogP contribution in [0.15, 0.2) is 54.6 Å². The van der Waals surface area contributed by atoms with Gasteiger partial charge in [-0.1, -0.05) is 0 Å². The van der Waals surface area contributed by atoms with Crippen LogP contribution in [0, 0.1) is 13.1 Å². The van der Waals surface area contributed by atoms with Crippen LogP contribution in [0.25, 0.3) is 0 Å². The summed E-state index contributed by atoms with van der Waals surface area (Å²) in [7, 11) is 0. The second-order valence-electron chi connectivity index (χ2n) is 6.53. The van der Waals surface area contributed by atoms with Crippen molar-refractivity contribution < 1.29 is 35.5 Å².